The first-order valence-corrected chi connectivity index (χ1v) is 6.14. The molecule has 0 saturated carbocycles. The molecule has 1 aliphatic heterocycles. The molecule has 1 atom stereocenters. The molecule has 0 radical (unpaired) electrons. The zero-order valence-corrected chi connectivity index (χ0v) is 10.4. The first-order chi connectivity index (χ1) is 8.16. The summed E-state index contributed by atoms with van der Waals surface area (Å²) in [6, 6.07) is 0.245. The van der Waals surface area contributed by atoms with Crippen molar-refractivity contribution in [3.05, 3.63) is 12.2 Å². The van der Waals surface area contributed by atoms with Gasteiger partial charge in [-0.2, -0.15) is 5.10 Å². The highest BCUT2D eigenvalue weighted by Crippen LogP contribution is 2.17. The quantitative estimate of drug-likeness (QED) is 0.776. The van der Waals surface area contributed by atoms with Gasteiger partial charge in [-0.05, 0) is 26.2 Å². The van der Waals surface area contributed by atoms with Crippen molar-refractivity contribution in [3.63, 3.8) is 0 Å². The molecule has 17 heavy (non-hydrogen) atoms. The Morgan fingerprint density at radius 2 is 2.47 bits per heavy atom. The van der Waals surface area contributed by atoms with E-state index in [1.807, 2.05) is 18.5 Å². The van der Waals surface area contributed by atoms with Gasteiger partial charge < -0.3 is 4.74 Å². The van der Waals surface area contributed by atoms with Crippen LogP contribution in [0.5, 0.6) is 0 Å². The van der Waals surface area contributed by atoms with Crippen molar-refractivity contribution >= 4 is 5.78 Å². The van der Waals surface area contributed by atoms with Crippen molar-refractivity contribution in [1.82, 2.24) is 14.8 Å². The second-order valence-corrected chi connectivity index (χ2v) is 4.86. The minimum absolute atomic E-state index is 0.232. The van der Waals surface area contributed by atoms with E-state index >= 15 is 0 Å². The molecule has 1 aromatic heterocycles. The van der Waals surface area contributed by atoms with Crippen molar-refractivity contribution in [2.24, 2.45) is 5.92 Å². The van der Waals surface area contributed by atoms with Gasteiger partial charge in [0, 0.05) is 25.7 Å². The van der Waals surface area contributed by atoms with E-state index in [2.05, 4.69) is 10.1 Å². The fourth-order valence-corrected chi connectivity index (χ4v) is 2.15. The van der Waals surface area contributed by atoms with E-state index < -0.39 is 0 Å². The summed E-state index contributed by atoms with van der Waals surface area (Å²) in [6.07, 6.45) is 3.50. The van der Waals surface area contributed by atoms with Gasteiger partial charge in [-0.1, -0.05) is 0 Å². The highest BCUT2D eigenvalue weighted by atomic mass is 16.5. The van der Waals surface area contributed by atoms with E-state index in [1.54, 1.807) is 0 Å². The lowest BCUT2D eigenvalue weighted by Crippen LogP contribution is -2.15. The van der Waals surface area contributed by atoms with Crippen LogP contribution in [-0.4, -0.2) is 33.8 Å². The second-order valence-electron chi connectivity index (χ2n) is 4.86. The normalized spacial score (nSPS) is 20.1. The van der Waals surface area contributed by atoms with Crippen LogP contribution in [0.1, 0.15) is 38.6 Å². The molecule has 0 aliphatic carbocycles. The molecule has 2 heterocycles. The van der Waals surface area contributed by atoms with Crippen molar-refractivity contribution in [1.29, 1.82) is 0 Å². The zero-order chi connectivity index (χ0) is 12.3. The third-order valence-corrected chi connectivity index (χ3v) is 3.03. The largest absolute Gasteiger partial charge is 0.381 e. The van der Waals surface area contributed by atoms with Gasteiger partial charge >= 0.3 is 0 Å². The molecule has 1 unspecified atom stereocenters. The first kappa shape index (κ1) is 12.2. The van der Waals surface area contributed by atoms with Crippen molar-refractivity contribution in [3.8, 4) is 0 Å². The van der Waals surface area contributed by atoms with Gasteiger partial charge in [0.05, 0.1) is 6.42 Å². The Labute approximate surface area is 101 Å². The van der Waals surface area contributed by atoms with Gasteiger partial charge in [-0.15, -0.1) is 0 Å². The Morgan fingerprint density at radius 1 is 1.65 bits per heavy atom. The predicted molar refractivity (Wildman–Crippen MR) is 62.7 cm³/mol. The Morgan fingerprint density at radius 3 is 3.12 bits per heavy atom. The number of hydrogen-bond donors (Lipinski definition) is 0. The number of hydrogen-bond acceptors (Lipinski definition) is 4. The monoisotopic (exact) mass is 237 g/mol. The van der Waals surface area contributed by atoms with Crippen LogP contribution in [0.3, 0.4) is 0 Å². The van der Waals surface area contributed by atoms with Crippen LogP contribution in [0.2, 0.25) is 0 Å². The van der Waals surface area contributed by atoms with Gasteiger partial charge in [0.15, 0.2) is 0 Å². The molecule has 1 aromatic rings. The molecule has 94 valence electrons. The SMILES string of the molecule is CC(C)n1ncnc1CC(=O)CC1CCOC1. The van der Waals surface area contributed by atoms with Crippen LogP contribution in [0, 0.1) is 5.92 Å². The molecule has 1 fully saturated rings. The number of ether oxygens (including phenoxy) is 1. The summed E-state index contributed by atoms with van der Waals surface area (Å²) < 4.78 is 7.08. The Bertz CT molecular complexity index is 381. The number of aromatic nitrogens is 3. The molecule has 5 nitrogen and oxygen atoms in total. The van der Waals surface area contributed by atoms with Crippen LogP contribution >= 0.6 is 0 Å². The van der Waals surface area contributed by atoms with Gasteiger partial charge in [0.1, 0.15) is 17.9 Å². The van der Waals surface area contributed by atoms with E-state index in [-0.39, 0.29) is 11.8 Å². The molecule has 0 spiro atoms. The number of ketones is 1. The van der Waals surface area contributed by atoms with E-state index in [0.29, 0.717) is 18.8 Å². The molecule has 0 aromatic carbocycles. The second kappa shape index (κ2) is 5.40. The van der Waals surface area contributed by atoms with Crippen LogP contribution < -0.4 is 0 Å². The zero-order valence-electron chi connectivity index (χ0n) is 10.4. The molecule has 0 N–H and O–H groups in total. The average molecular weight is 237 g/mol. The predicted octanol–water partition coefficient (Wildman–Crippen LogP) is 1.40. The highest BCUT2D eigenvalue weighted by Gasteiger charge is 2.20. The average Bonchev–Trinajstić information content (AvgIpc) is 2.88. The van der Waals surface area contributed by atoms with Crippen molar-refractivity contribution < 1.29 is 9.53 Å². The maximum Gasteiger partial charge on any atom is 0.140 e. The molecule has 0 amide bonds. The number of nitrogens with zero attached hydrogens (tertiary/aromatic N) is 3. The number of carbonyl (C=O) groups excluding carboxylic acids is 1. The summed E-state index contributed by atoms with van der Waals surface area (Å²) in [4.78, 5) is 16.1. The number of Topliss-reactive ketones (excluding diaryl/α,β-unsaturated/α-hetero) is 1. The summed E-state index contributed by atoms with van der Waals surface area (Å²) in [5.74, 6) is 1.40. The Balaban J connectivity index is 1.90. The van der Waals surface area contributed by atoms with E-state index in [4.69, 9.17) is 4.74 Å². The molecule has 1 aliphatic rings. The lowest BCUT2D eigenvalue weighted by molar-refractivity contribution is -0.119. The third kappa shape index (κ3) is 3.12. The Hall–Kier alpha value is -1.23. The summed E-state index contributed by atoms with van der Waals surface area (Å²) >= 11 is 0. The van der Waals surface area contributed by atoms with E-state index in [1.165, 1.54) is 6.33 Å². The third-order valence-electron chi connectivity index (χ3n) is 3.03. The molecule has 2 rings (SSSR count). The summed E-state index contributed by atoms with van der Waals surface area (Å²) in [6.45, 7) is 5.59. The maximum atomic E-state index is 11.9. The van der Waals surface area contributed by atoms with Gasteiger partial charge in [0.25, 0.3) is 0 Å². The highest BCUT2D eigenvalue weighted by molar-refractivity contribution is 5.80. The van der Waals surface area contributed by atoms with Gasteiger partial charge in [-0.25, -0.2) is 9.67 Å². The van der Waals surface area contributed by atoms with Gasteiger partial charge in [0.2, 0.25) is 0 Å². The fraction of sp³-hybridized carbons (Fsp3) is 0.750. The smallest absolute Gasteiger partial charge is 0.140 e. The Kier molecular flexibility index (Phi) is 3.89. The molecule has 1 saturated heterocycles. The number of rotatable bonds is 5. The van der Waals surface area contributed by atoms with E-state index in [0.717, 1.165) is 25.5 Å². The van der Waals surface area contributed by atoms with Crippen molar-refractivity contribution in [2.75, 3.05) is 13.2 Å². The first-order valence-electron chi connectivity index (χ1n) is 6.14. The minimum atomic E-state index is 0.232. The summed E-state index contributed by atoms with van der Waals surface area (Å²) in [5, 5.41) is 4.13. The van der Waals surface area contributed by atoms with E-state index in [9.17, 15) is 4.79 Å². The summed E-state index contributed by atoms with van der Waals surface area (Å²) in [7, 11) is 0. The summed E-state index contributed by atoms with van der Waals surface area (Å²) in [5.41, 5.74) is 0. The van der Waals surface area contributed by atoms with Crippen LogP contribution in [-0.2, 0) is 16.0 Å². The van der Waals surface area contributed by atoms with Crippen LogP contribution in [0.4, 0.5) is 0 Å². The maximum absolute atomic E-state index is 11.9. The topological polar surface area (TPSA) is 57.0 Å². The van der Waals surface area contributed by atoms with Crippen LogP contribution in [0.25, 0.3) is 0 Å². The van der Waals surface area contributed by atoms with Gasteiger partial charge in [-0.3, -0.25) is 4.79 Å². The van der Waals surface area contributed by atoms with Crippen LogP contribution in [0.15, 0.2) is 6.33 Å². The lowest BCUT2D eigenvalue weighted by Gasteiger charge is -2.10. The number of carbonyl (C=O) groups is 1. The molecule has 5 heteroatoms. The fourth-order valence-electron chi connectivity index (χ4n) is 2.15. The molecular weight excluding hydrogens is 218 g/mol. The minimum Gasteiger partial charge on any atom is -0.381 e. The standard InChI is InChI=1S/C12H19N3O2/c1-9(2)15-12(13-8-14-15)6-11(16)5-10-3-4-17-7-10/h8-10H,3-7H2,1-2H3. The lowest BCUT2D eigenvalue weighted by atomic mass is 10.0. The molecule has 0 bridgehead atoms. The van der Waals surface area contributed by atoms with Crippen molar-refractivity contribution in [2.45, 2.75) is 39.2 Å². The molecular formula is C12H19N3O2.